The molecule has 1 aliphatic rings. The van der Waals surface area contributed by atoms with Crippen LogP contribution in [0.4, 0.5) is 17.1 Å². The lowest BCUT2D eigenvalue weighted by Gasteiger charge is -2.35. The first-order valence-corrected chi connectivity index (χ1v) is 14.6. The molecule has 0 aliphatic carbocycles. The number of benzene rings is 7. The van der Waals surface area contributed by atoms with Crippen LogP contribution in [0.2, 0.25) is 0 Å². The number of anilines is 3. The van der Waals surface area contributed by atoms with E-state index < -0.39 is 0 Å². The Labute approximate surface area is 243 Å². The van der Waals surface area contributed by atoms with Crippen LogP contribution in [0, 0.1) is 18.3 Å². The third-order valence-corrected chi connectivity index (χ3v) is 9.36. The smallest absolute Gasteiger partial charge is 0.0991 e. The first kappa shape index (κ1) is 23.8. The number of aryl methyl sites for hydroxylation is 1. The average molecular weight is 541 g/mol. The molecule has 1 aliphatic heterocycles. The van der Waals surface area contributed by atoms with Gasteiger partial charge in [0.25, 0.3) is 0 Å². The zero-order valence-corrected chi connectivity index (χ0v) is 23.2. The number of para-hydroxylation sites is 2. The Kier molecular flexibility index (Phi) is 5.38. The number of fused-ring (bicyclic) bond motifs is 6. The maximum Gasteiger partial charge on any atom is 0.0991 e. The van der Waals surface area contributed by atoms with E-state index in [1.54, 1.807) is 0 Å². The van der Waals surface area contributed by atoms with Gasteiger partial charge in [0.05, 0.1) is 28.7 Å². The van der Waals surface area contributed by atoms with Crippen LogP contribution in [0.25, 0.3) is 43.4 Å². The fraction of sp³-hybridized carbons (Fsp3) is 0.0263. The summed E-state index contributed by atoms with van der Waals surface area (Å²) in [4.78, 5) is 4.92. The number of rotatable bonds is 2. The lowest BCUT2D eigenvalue weighted by Crippen LogP contribution is -2.16. The molecule has 1 heterocycles. The molecule has 0 bridgehead atoms. The van der Waals surface area contributed by atoms with Crippen molar-refractivity contribution < 1.29 is 0 Å². The van der Waals surface area contributed by atoms with Crippen molar-refractivity contribution in [3.05, 3.63) is 139 Å². The zero-order valence-electron chi connectivity index (χ0n) is 22.4. The molecule has 0 amide bonds. The van der Waals surface area contributed by atoms with Crippen LogP contribution in [0.5, 0.6) is 0 Å². The summed E-state index contributed by atoms with van der Waals surface area (Å²) < 4.78 is 0. The van der Waals surface area contributed by atoms with Crippen LogP contribution in [0.3, 0.4) is 0 Å². The van der Waals surface area contributed by atoms with Crippen LogP contribution in [-0.2, 0) is 0 Å². The second-order valence-corrected chi connectivity index (χ2v) is 11.6. The summed E-state index contributed by atoms with van der Waals surface area (Å²) in [5.41, 5.74) is 7.72. The summed E-state index contributed by atoms with van der Waals surface area (Å²) >= 11 is 1.82. The van der Waals surface area contributed by atoms with E-state index in [1.807, 2.05) is 23.9 Å². The first-order valence-electron chi connectivity index (χ1n) is 13.8. The molecule has 0 unspecified atom stereocenters. The molecule has 8 rings (SSSR count). The van der Waals surface area contributed by atoms with Gasteiger partial charge in [-0.15, -0.1) is 0 Å². The molecular formula is C38H24N2S. The lowest BCUT2D eigenvalue weighted by molar-refractivity contribution is 1.17. The Balaban J connectivity index is 1.62. The highest BCUT2D eigenvalue weighted by molar-refractivity contribution is 7.99. The molecule has 0 radical (unpaired) electrons. The summed E-state index contributed by atoms with van der Waals surface area (Å²) in [7, 11) is 0. The predicted octanol–water partition coefficient (Wildman–Crippen LogP) is 10.9. The predicted molar refractivity (Wildman–Crippen MR) is 173 cm³/mol. The zero-order chi connectivity index (χ0) is 27.5. The number of nitrogens with zero attached hydrogens (tertiary/aromatic N) is 2. The largest absolute Gasteiger partial charge is 0.307 e. The van der Waals surface area contributed by atoms with Crippen molar-refractivity contribution in [2.75, 3.05) is 4.90 Å². The van der Waals surface area contributed by atoms with Gasteiger partial charge >= 0.3 is 0 Å². The van der Waals surface area contributed by atoms with Gasteiger partial charge in [0.15, 0.2) is 0 Å². The minimum Gasteiger partial charge on any atom is -0.307 e. The van der Waals surface area contributed by atoms with Crippen molar-refractivity contribution in [2.24, 2.45) is 0 Å². The Hall–Kier alpha value is -5.04. The van der Waals surface area contributed by atoms with Gasteiger partial charge in [-0.3, -0.25) is 0 Å². The van der Waals surface area contributed by atoms with Gasteiger partial charge in [0, 0.05) is 20.7 Å². The molecular weight excluding hydrogens is 516 g/mol. The van der Waals surface area contributed by atoms with E-state index >= 15 is 0 Å². The normalized spacial score (nSPS) is 12.3. The van der Waals surface area contributed by atoms with Gasteiger partial charge in [-0.05, 0) is 87.4 Å². The molecule has 41 heavy (non-hydrogen) atoms. The monoisotopic (exact) mass is 540 g/mol. The van der Waals surface area contributed by atoms with E-state index in [2.05, 4.69) is 133 Å². The van der Waals surface area contributed by atoms with E-state index in [1.165, 1.54) is 64.6 Å². The Morgan fingerprint density at radius 2 is 1.20 bits per heavy atom. The van der Waals surface area contributed by atoms with Crippen molar-refractivity contribution in [3.8, 4) is 17.2 Å². The summed E-state index contributed by atoms with van der Waals surface area (Å²) in [6.45, 7) is 2.25. The van der Waals surface area contributed by atoms with Crippen molar-refractivity contribution in [3.63, 3.8) is 0 Å². The fourth-order valence-electron chi connectivity index (χ4n) is 6.42. The molecule has 0 N–H and O–H groups in total. The van der Waals surface area contributed by atoms with Gasteiger partial charge in [-0.1, -0.05) is 96.7 Å². The van der Waals surface area contributed by atoms with Crippen LogP contribution >= 0.6 is 11.8 Å². The van der Waals surface area contributed by atoms with E-state index in [-0.39, 0.29) is 0 Å². The molecule has 3 heteroatoms. The van der Waals surface area contributed by atoms with Crippen LogP contribution in [0.1, 0.15) is 11.1 Å². The summed E-state index contributed by atoms with van der Waals surface area (Å²) in [6.07, 6.45) is 0. The van der Waals surface area contributed by atoms with Crippen molar-refractivity contribution >= 4 is 61.1 Å². The van der Waals surface area contributed by atoms with Gasteiger partial charge in [-0.2, -0.15) is 5.26 Å². The molecule has 0 spiro atoms. The van der Waals surface area contributed by atoms with Crippen molar-refractivity contribution in [1.82, 2.24) is 0 Å². The third-order valence-electron chi connectivity index (χ3n) is 8.23. The molecule has 0 fully saturated rings. The molecule has 0 atom stereocenters. The first-order chi connectivity index (χ1) is 20.2. The fourth-order valence-corrected chi connectivity index (χ4v) is 7.48. The summed E-state index contributed by atoms with van der Waals surface area (Å²) in [5.74, 6) is 0. The quantitative estimate of drug-likeness (QED) is 0.161. The second kappa shape index (κ2) is 9.27. The van der Waals surface area contributed by atoms with Crippen molar-refractivity contribution in [2.45, 2.75) is 16.7 Å². The van der Waals surface area contributed by atoms with Gasteiger partial charge in [-0.25, -0.2) is 0 Å². The molecule has 7 aromatic carbocycles. The van der Waals surface area contributed by atoms with Gasteiger partial charge < -0.3 is 4.90 Å². The van der Waals surface area contributed by atoms with Gasteiger partial charge in [0.1, 0.15) is 0 Å². The minimum absolute atomic E-state index is 0.659. The summed E-state index contributed by atoms with van der Waals surface area (Å²) in [6, 6.07) is 47.6. The third kappa shape index (κ3) is 3.58. The number of hydrogen-bond donors (Lipinski definition) is 0. The lowest BCUT2D eigenvalue weighted by atomic mass is 9.86. The van der Waals surface area contributed by atoms with E-state index in [9.17, 15) is 5.26 Å². The van der Waals surface area contributed by atoms with E-state index in [4.69, 9.17) is 0 Å². The molecule has 7 aromatic rings. The Morgan fingerprint density at radius 1 is 0.610 bits per heavy atom. The van der Waals surface area contributed by atoms with E-state index in [0.29, 0.717) is 5.56 Å². The molecule has 2 nitrogen and oxygen atoms in total. The molecule has 0 aromatic heterocycles. The maximum atomic E-state index is 9.58. The standard InChI is InChI=1S/C38H24N2S/c1-24-28-11-3-2-10-27(28)22-31-36(24)29-12-4-5-13-30(29)38(37(31)26-20-18-25(23-39)19-21-26)40-32-14-6-8-16-34(32)41-35-17-9-7-15-33(35)40/h2-22H,1H3. The second-order valence-electron chi connectivity index (χ2n) is 10.5. The highest BCUT2D eigenvalue weighted by Gasteiger charge is 2.29. The molecule has 0 saturated carbocycles. The topological polar surface area (TPSA) is 27.0 Å². The SMILES string of the molecule is Cc1c2ccccc2cc2c(-c3ccc(C#N)cc3)c(N3c4ccccc4Sc4ccccc43)c3ccccc3c12. The minimum atomic E-state index is 0.659. The van der Waals surface area contributed by atoms with Gasteiger partial charge in [0.2, 0.25) is 0 Å². The number of nitriles is 1. The Morgan fingerprint density at radius 3 is 1.88 bits per heavy atom. The highest BCUT2D eigenvalue weighted by Crippen LogP contribution is 2.56. The number of hydrogen-bond acceptors (Lipinski definition) is 3. The maximum absolute atomic E-state index is 9.58. The van der Waals surface area contributed by atoms with E-state index in [0.717, 1.165) is 11.3 Å². The highest BCUT2D eigenvalue weighted by atomic mass is 32.2. The average Bonchev–Trinajstić information content (AvgIpc) is 3.03. The molecule has 192 valence electrons. The Bertz CT molecular complexity index is 2160. The van der Waals surface area contributed by atoms with Crippen LogP contribution < -0.4 is 4.90 Å². The molecule has 0 saturated heterocycles. The van der Waals surface area contributed by atoms with Crippen LogP contribution in [-0.4, -0.2) is 0 Å². The summed E-state index contributed by atoms with van der Waals surface area (Å²) in [5, 5.41) is 17.0. The van der Waals surface area contributed by atoms with Crippen molar-refractivity contribution in [1.29, 1.82) is 5.26 Å². The van der Waals surface area contributed by atoms with Crippen LogP contribution in [0.15, 0.2) is 137 Å².